The van der Waals surface area contributed by atoms with Crippen molar-refractivity contribution in [3.8, 4) is 0 Å². The standard InChI is InChI=1S/C10H16O3.C9H13NO5/c1-10(2,3)13-9(11)8-6-4-12-5-7(6)8;1-14-9(13)10-7(8(11)12)6-4-2-15-3-5(4)6/h6-8H,4-5H2,1-3H3;4-7H,2-3H2,1H3,(H,10,13)(H,11,12)/t;4-,5+,6?,7?. The molecule has 4 fully saturated rings. The lowest BCUT2D eigenvalue weighted by Crippen LogP contribution is -2.43. The average Bonchev–Trinajstić information content (AvgIpc) is 3.29. The highest BCUT2D eigenvalue weighted by Gasteiger charge is 2.60. The Bertz CT molecular complexity index is 610. The number of carboxylic acids is 1. The summed E-state index contributed by atoms with van der Waals surface area (Å²) in [5.41, 5.74) is -0.352. The molecule has 9 nitrogen and oxygen atoms in total. The van der Waals surface area contributed by atoms with Crippen LogP contribution in [0.1, 0.15) is 20.8 Å². The molecule has 2 aliphatic carbocycles. The van der Waals surface area contributed by atoms with E-state index in [-0.39, 0.29) is 35.2 Å². The number of aliphatic carboxylic acids is 1. The van der Waals surface area contributed by atoms with Gasteiger partial charge in [0.2, 0.25) is 0 Å². The molecule has 0 radical (unpaired) electrons. The number of carbonyl (C=O) groups is 3. The third-order valence-corrected chi connectivity index (χ3v) is 5.76. The topological polar surface area (TPSA) is 120 Å². The molecule has 4 aliphatic rings. The number of hydrogen-bond acceptors (Lipinski definition) is 7. The predicted octanol–water partition coefficient (Wildman–Crippen LogP) is 0.909. The highest BCUT2D eigenvalue weighted by molar-refractivity contribution is 5.80. The van der Waals surface area contributed by atoms with Crippen molar-refractivity contribution in [1.82, 2.24) is 5.32 Å². The van der Waals surface area contributed by atoms with Crippen LogP contribution >= 0.6 is 0 Å². The van der Waals surface area contributed by atoms with E-state index < -0.39 is 18.1 Å². The zero-order valence-electron chi connectivity index (χ0n) is 16.7. The van der Waals surface area contributed by atoms with E-state index in [1.54, 1.807) is 0 Å². The molecule has 2 saturated heterocycles. The van der Waals surface area contributed by atoms with Gasteiger partial charge in [0.1, 0.15) is 11.6 Å². The summed E-state index contributed by atoms with van der Waals surface area (Å²) in [6, 6.07) is -0.851. The monoisotopic (exact) mass is 399 g/mol. The molecular formula is C19H29NO8. The summed E-state index contributed by atoms with van der Waals surface area (Å²) in [5, 5.41) is 11.3. The van der Waals surface area contributed by atoms with E-state index in [2.05, 4.69) is 10.1 Å². The van der Waals surface area contributed by atoms with E-state index in [9.17, 15) is 14.4 Å². The summed E-state index contributed by atoms with van der Waals surface area (Å²) in [6.07, 6.45) is -0.701. The fraction of sp³-hybridized carbons (Fsp3) is 0.842. The summed E-state index contributed by atoms with van der Waals surface area (Å²) in [6.45, 7) is 8.39. The van der Waals surface area contributed by atoms with E-state index in [1.165, 1.54) is 7.11 Å². The molecule has 4 rings (SSSR count). The number of methoxy groups -OCH3 is 1. The van der Waals surface area contributed by atoms with Crippen LogP contribution in [0.4, 0.5) is 4.79 Å². The van der Waals surface area contributed by atoms with Gasteiger partial charge in [-0.2, -0.15) is 0 Å². The molecule has 6 atom stereocenters. The fourth-order valence-corrected chi connectivity index (χ4v) is 4.25. The zero-order valence-corrected chi connectivity index (χ0v) is 16.7. The van der Waals surface area contributed by atoms with Crippen molar-refractivity contribution in [2.24, 2.45) is 35.5 Å². The number of hydrogen-bond donors (Lipinski definition) is 2. The van der Waals surface area contributed by atoms with Crippen LogP contribution in [0.15, 0.2) is 0 Å². The van der Waals surface area contributed by atoms with E-state index in [4.69, 9.17) is 19.3 Å². The first-order valence-corrected chi connectivity index (χ1v) is 9.59. The van der Waals surface area contributed by atoms with Gasteiger partial charge in [-0.1, -0.05) is 0 Å². The Morgan fingerprint density at radius 2 is 1.50 bits per heavy atom. The number of nitrogens with one attached hydrogen (secondary N) is 1. The predicted molar refractivity (Wildman–Crippen MR) is 95.4 cm³/mol. The average molecular weight is 399 g/mol. The lowest BCUT2D eigenvalue weighted by Gasteiger charge is -2.20. The van der Waals surface area contributed by atoms with Crippen molar-refractivity contribution in [1.29, 1.82) is 0 Å². The molecule has 2 saturated carbocycles. The van der Waals surface area contributed by atoms with Crippen LogP contribution in [0.5, 0.6) is 0 Å². The minimum Gasteiger partial charge on any atom is -0.480 e. The first kappa shape index (κ1) is 20.9. The highest BCUT2D eigenvalue weighted by Crippen LogP contribution is 2.53. The highest BCUT2D eigenvalue weighted by atomic mass is 16.6. The number of amides is 1. The van der Waals surface area contributed by atoms with Gasteiger partial charge in [0.25, 0.3) is 0 Å². The first-order chi connectivity index (χ1) is 13.1. The van der Waals surface area contributed by atoms with Crippen molar-refractivity contribution < 1.29 is 38.4 Å². The molecule has 0 aromatic carbocycles. The minimum atomic E-state index is -1.01. The number of alkyl carbamates (subject to hydrolysis) is 1. The van der Waals surface area contributed by atoms with Crippen molar-refractivity contribution >= 4 is 18.0 Å². The second-order valence-electron chi connectivity index (χ2n) is 8.82. The summed E-state index contributed by atoms with van der Waals surface area (Å²) in [5.74, 6) is 0.546. The number of rotatable bonds is 4. The Morgan fingerprint density at radius 1 is 1.00 bits per heavy atom. The Kier molecular flexibility index (Phi) is 5.86. The maximum Gasteiger partial charge on any atom is 0.407 e. The molecule has 4 unspecified atom stereocenters. The maximum atomic E-state index is 11.6. The number of esters is 1. The van der Waals surface area contributed by atoms with Crippen molar-refractivity contribution in [2.45, 2.75) is 32.4 Å². The summed E-state index contributed by atoms with van der Waals surface area (Å²) in [4.78, 5) is 33.5. The molecule has 2 N–H and O–H groups in total. The third-order valence-electron chi connectivity index (χ3n) is 5.76. The van der Waals surface area contributed by atoms with E-state index in [1.807, 2.05) is 20.8 Å². The molecule has 9 heteroatoms. The van der Waals surface area contributed by atoms with Crippen LogP contribution in [-0.4, -0.2) is 68.3 Å². The second kappa shape index (κ2) is 7.87. The van der Waals surface area contributed by atoms with Gasteiger partial charge in [-0.25, -0.2) is 9.59 Å². The van der Waals surface area contributed by atoms with Crippen LogP contribution in [0, 0.1) is 35.5 Å². The number of carbonyl (C=O) groups excluding carboxylic acids is 2. The molecule has 1 amide bonds. The second-order valence-corrected chi connectivity index (χ2v) is 8.82. The largest absolute Gasteiger partial charge is 0.480 e. The van der Waals surface area contributed by atoms with Gasteiger partial charge in [0.15, 0.2) is 0 Å². The van der Waals surface area contributed by atoms with Gasteiger partial charge >= 0.3 is 18.0 Å². The van der Waals surface area contributed by atoms with Gasteiger partial charge in [0, 0.05) is 17.8 Å². The molecule has 0 bridgehead atoms. The number of fused-ring (bicyclic) bond motifs is 2. The molecular weight excluding hydrogens is 370 g/mol. The summed E-state index contributed by atoms with van der Waals surface area (Å²) >= 11 is 0. The zero-order chi connectivity index (χ0) is 20.6. The molecule has 28 heavy (non-hydrogen) atoms. The normalized spacial score (nSPS) is 35.4. The minimum absolute atomic E-state index is 0.00431. The molecule has 0 spiro atoms. The SMILES string of the molecule is CC(C)(C)OC(=O)C1C2COCC21.COC(=O)NC(C(=O)O)C1[C@H]2COC[C@@H]12. The Labute approximate surface area is 164 Å². The van der Waals surface area contributed by atoms with Crippen molar-refractivity contribution in [3.05, 3.63) is 0 Å². The Hall–Kier alpha value is -1.87. The molecule has 0 aromatic heterocycles. The van der Waals surface area contributed by atoms with Gasteiger partial charge in [-0.05, 0) is 32.6 Å². The number of carboxylic acid groups (broad SMARTS) is 1. The Balaban J connectivity index is 0.000000162. The van der Waals surface area contributed by atoms with Crippen molar-refractivity contribution in [3.63, 3.8) is 0 Å². The van der Waals surface area contributed by atoms with E-state index >= 15 is 0 Å². The lowest BCUT2D eigenvalue weighted by molar-refractivity contribution is -0.158. The van der Waals surface area contributed by atoms with E-state index in [0.29, 0.717) is 25.0 Å². The summed E-state index contributed by atoms with van der Waals surface area (Å²) < 4.78 is 20.1. The van der Waals surface area contributed by atoms with Gasteiger partial charge in [-0.15, -0.1) is 0 Å². The maximum absolute atomic E-state index is 11.6. The van der Waals surface area contributed by atoms with Crippen LogP contribution in [0.3, 0.4) is 0 Å². The van der Waals surface area contributed by atoms with Crippen LogP contribution in [0.25, 0.3) is 0 Å². The van der Waals surface area contributed by atoms with E-state index in [0.717, 1.165) is 13.2 Å². The van der Waals surface area contributed by atoms with Gasteiger partial charge in [0.05, 0.1) is 39.5 Å². The molecule has 2 aliphatic heterocycles. The van der Waals surface area contributed by atoms with Crippen molar-refractivity contribution in [2.75, 3.05) is 33.5 Å². The first-order valence-electron chi connectivity index (χ1n) is 9.59. The number of ether oxygens (including phenoxy) is 4. The quantitative estimate of drug-likeness (QED) is 0.669. The van der Waals surface area contributed by atoms with Crippen LogP contribution in [-0.2, 0) is 28.5 Å². The lowest BCUT2D eigenvalue weighted by atomic mass is 10.1. The molecule has 2 heterocycles. The van der Waals surface area contributed by atoms with Crippen LogP contribution < -0.4 is 5.32 Å². The summed E-state index contributed by atoms with van der Waals surface area (Å²) in [7, 11) is 1.21. The molecule has 158 valence electrons. The fourth-order valence-electron chi connectivity index (χ4n) is 4.25. The van der Waals surface area contributed by atoms with Crippen LogP contribution in [0.2, 0.25) is 0 Å². The smallest absolute Gasteiger partial charge is 0.407 e. The Morgan fingerprint density at radius 3 is 1.93 bits per heavy atom. The van der Waals surface area contributed by atoms with Gasteiger partial charge < -0.3 is 29.4 Å². The van der Waals surface area contributed by atoms with Gasteiger partial charge in [-0.3, -0.25) is 4.79 Å². The third kappa shape index (κ3) is 4.57. The molecule has 0 aromatic rings.